The van der Waals surface area contributed by atoms with E-state index in [-0.39, 0.29) is 37.5 Å². The summed E-state index contributed by atoms with van der Waals surface area (Å²) in [5.74, 6) is 8.08. The molecule has 0 amide bonds. The molecule has 6 heteroatoms. The van der Waals surface area contributed by atoms with E-state index in [4.69, 9.17) is 17.6 Å². The van der Waals surface area contributed by atoms with Crippen LogP contribution in [0.3, 0.4) is 0 Å². The van der Waals surface area contributed by atoms with E-state index >= 15 is 0 Å². The molecule has 0 saturated heterocycles. The fraction of sp³-hybridized carbons (Fsp3) is 0.222. The first-order chi connectivity index (χ1) is 30.7. The van der Waals surface area contributed by atoms with Crippen LogP contribution in [0, 0.1) is 32.8 Å². The Morgan fingerprint density at radius 2 is 1.45 bits per heavy atom. The largest absolute Gasteiger partial charge is 0.501 e. The summed E-state index contributed by atoms with van der Waals surface area (Å²) in [5.41, 5.74) is 12.7. The van der Waals surface area contributed by atoms with Crippen LogP contribution in [0.4, 0.5) is 0 Å². The van der Waals surface area contributed by atoms with Gasteiger partial charge >= 0.3 is 110 Å². The molecule has 4 nitrogen and oxygen atoms in total. The molecule has 0 aliphatic heterocycles. The second-order valence-electron chi connectivity index (χ2n) is 17.0. The molecule has 0 aliphatic carbocycles. The van der Waals surface area contributed by atoms with Crippen molar-refractivity contribution in [3.8, 4) is 39.5 Å². The third kappa shape index (κ3) is 8.46. The van der Waals surface area contributed by atoms with E-state index in [1.807, 2.05) is 61.7 Å². The number of pyridine rings is 1. The molecule has 0 spiro atoms. The first kappa shape index (κ1) is 35.7. The third-order valence-corrected chi connectivity index (χ3v) is 15.2. The van der Waals surface area contributed by atoms with Crippen LogP contribution in [0.15, 0.2) is 132 Å². The van der Waals surface area contributed by atoms with E-state index in [2.05, 4.69) is 115 Å². The van der Waals surface area contributed by atoms with Crippen molar-refractivity contribution in [2.45, 2.75) is 77.4 Å². The van der Waals surface area contributed by atoms with Crippen molar-refractivity contribution in [2.24, 2.45) is 0 Å². The zero-order chi connectivity index (χ0) is 46.6. The third-order valence-electron chi connectivity index (χ3n) is 10.9. The van der Waals surface area contributed by atoms with Crippen molar-refractivity contribution in [1.29, 1.82) is 0 Å². The predicted octanol–water partition coefficient (Wildman–Crippen LogP) is 14.3. The summed E-state index contributed by atoms with van der Waals surface area (Å²) in [7, 11) is 0. The molecule has 0 atom stereocenters. The number of aryl methyl sites for hydroxylation is 3. The van der Waals surface area contributed by atoms with Crippen LogP contribution >= 0.6 is 0 Å². The Morgan fingerprint density at radius 3 is 2.08 bits per heavy atom. The quantitative estimate of drug-likeness (QED) is 0.118. The van der Waals surface area contributed by atoms with Gasteiger partial charge in [-0.05, 0) is 76.9 Å². The summed E-state index contributed by atoms with van der Waals surface area (Å²) in [6.07, 6.45) is 1.95. The minimum atomic E-state index is -2.34. The van der Waals surface area contributed by atoms with E-state index in [0.717, 1.165) is 38.9 Å². The number of furan rings is 1. The maximum absolute atomic E-state index is 8.34. The van der Waals surface area contributed by atoms with Crippen molar-refractivity contribution >= 4 is 50.6 Å². The van der Waals surface area contributed by atoms with Crippen molar-refractivity contribution < 1.29 is 32.7 Å². The number of fused-ring (bicyclic) bond motifs is 4. The van der Waals surface area contributed by atoms with Gasteiger partial charge in [-0.3, -0.25) is 4.98 Å². The van der Waals surface area contributed by atoms with E-state index in [9.17, 15) is 0 Å². The van der Waals surface area contributed by atoms with Gasteiger partial charge in [0.1, 0.15) is 5.58 Å². The zero-order valence-corrected chi connectivity index (χ0v) is 39.9. The molecule has 9 aromatic rings. The molecule has 3 heterocycles. The second-order valence-corrected chi connectivity index (χ2v) is 27.6. The van der Waals surface area contributed by atoms with Gasteiger partial charge in [0.2, 0.25) is 0 Å². The molecule has 0 aliphatic rings. The first-order valence-corrected chi connectivity index (χ1v) is 27.6. The molecular weight excluding hydrogens is 971 g/mol. The number of rotatable bonds is 7. The molecule has 3 aromatic heterocycles. The summed E-state index contributed by atoms with van der Waals surface area (Å²) in [6.45, 7) is 6.51. The van der Waals surface area contributed by atoms with Crippen LogP contribution in [0.1, 0.15) is 75.6 Å². The molecule has 6 aromatic carbocycles. The summed E-state index contributed by atoms with van der Waals surface area (Å²) >= 11 is -1.83. The number of para-hydroxylation sites is 2. The monoisotopic (exact) mass is 1030 g/mol. The second kappa shape index (κ2) is 17.5. The number of hydrogen-bond acceptors (Lipinski definition) is 3. The van der Waals surface area contributed by atoms with Gasteiger partial charge in [0.05, 0.1) is 22.4 Å². The van der Waals surface area contributed by atoms with Crippen LogP contribution in [-0.2, 0) is 20.1 Å². The molecule has 0 unspecified atom stereocenters. The van der Waals surface area contributed by atoms with Gasteiger partial charge in [-0.2, -0.15) is 0 Å². The fourth-order valence-electron chi connectivity index (χ4n) is 7.71. The van der Waals surface area contributed by atoms with Crippen molar-refractivity contribution in [3.05, 3.63) is 167 Å². The van der Waals surface area contributed by atoms with Gasteiger partial charge < -0.3 is 8.98 Å². The van der Waals surface area contributed by atoms with Crippen molar-refractivity contribution in [3.63, 3.8) is 0 Å². The van der Waals surface area contributed by atoms with Crippen LogP contribution < -0.4 is 4.40 Å². The number of benzene rings is 6. The van der Waals surface area contributed by atoms with Gasteiger partial charge in [-0.15, -0.1) is 17.7 Å². The molecule has 0 N–H and O–H groups in total. The minimum Gasteiger partial charge on any atom is -0.501 e. The average Bonchev–Trinajstić information content (AvgIpc) is 3.84. The number of imidazole rings is 1. The topological polar surface area (TPSA) is 43.9 Å². The average molecular weight is 1030 g/mol. The van der Waals surface area contributed by atoms with E-state index in [1.54, 1.807) is 18.2 Å². The van der Waals surface area contributed by atoms with E-state index < -0.39 is 27.0 Å². The molecule has 1 radical (unpaired) electrons. The minimum absolute atomic E-state index is 0. The maximum atomic E-state index is 8.34. The molecule has 0 bridgehead atoms. The van der Waals surface area contributed by atoms with E-state index in [0.29, 0.717) is 33.5 Å². The summed E-state index contributed by atoms with van der Waals surface area (Å²) < 4.78 is 57.2. The Kier molecular flexibility index (Phi) is 10.4. The normalized spacial score (nSPS) is 13.6. The Labute approximate surface area is 380 Å². The zero-order valence-electron chi connectivity index (χ0n) is 41.4. The summed E-state index contributed by atoms with van der Waals surface area (Å²) in [4.78, 5) is 9.68. The van der Waals surface area contributed by atoms with Gasteiger partial charge in [0.15, 0.2) is 0 Å². The Hall–Kier alpha value is -5.07. The van der Waals surface area contributed by atoms with Gasteiger partial charge in [0, 0.05) is 35.3 Å². The molecule has 60 heavy (non-hydrogen) atoms. The summed E-state index contributed by atoms with van der Waals surface area (Å²) in [5, 5.41) is 1.36. The van der Waals surface area contributed by atoms with E-state index in [1.165, 1.54) is 32.7 Å². The Balaban J connectivity index is 0.000000260. The fourth-order valence-corrected chi connectivity index (χ4v) is 9.88. The number of nitrogens with zero attached hydrogens (tertiary/aromatic N) is 3. The van der Waals surface area contributed by atoms with Gasteiger partial charge in [-0.25, -0.2) is 0 Å². The van der Waals surface area contributed by atoms with Crippen LogP contribution in [0.25, 0.3) is 72.4 Å². The Morgan fingerprint density at radius 1 is 0.733 bits per heavy atom. The van der Waals surface area contributed by atoms with Gasteiger partial charge in [0.25, 0.3) is 0 Å². The molecule has 305 valence electrons. The Bertz CT molecular complexity index is 3080. The van der Waals surface area contributed by atoms with Crippen LogP contribution in [-0.4, -0.2) is 27.8 Å². The summed E-state index contributed by atoms with van der Waals surface area (Å²) in [6, 6.07) is 46.2. The number of aromatic nitrogens is 3. The molecule has 0 saturated carbocycles. The SMILES string of the molecule is [2H]C([2H])([2H])c1c[c-]c(-c2cc[c]([Ge]([CH3])([CH3])[CH3])cn2)cc1.[2H]C([2H])([2H])c1c[c-]c(-c2nc3ccccc3n2-c2c(C(C)C)cc(-c3ccccc3)cc2C(C)C)c2oc3cc(C)ccc3c12.[Ir]. The van der Waals surface area contributed by atoms with Gasteiger partial charge in [-0.1, -0.05) is 100 Å². The van der Waals surface area contributed by atoms with Crippen molar-refractivity contribution in [1.82, 2.24) is 14.5 Å². The number of hydrogen-bond donors (Lipinski definition) is 0. The standard InChI is InChI=1S/C39H35N2O.C15H18GeN.Ir/c1-23(2)31-21-28(27-12-8-7-9-13-27)22-32(24(3)4)37(31)41-34-15-11-10-14-33(34)40-39(41)30-19-17-26(6)36-29-18-16-25(5)20-35(29)42-38(30)36;1-12-5-7-13(8-6-12)15-10-9-14(11-17-15)16(2,3)4;/h7-18,20-24H,1-6H3;5-7,9-11H,1-4H3;/q2*-1;/i6D3;1D3;. The first-order valence-electron chi connectivity index (χ1n) is 23.3. The molecule has 9 rings (SSSR count). The van der Waals surface area contributed by atoms with Crippen LogP contribution in [0.2, 0.25) is 17.3 Å². The maximum Gasteiger partial charge on any atom is 0.121 e. The molecular formula is C54H53GeIrN3O-2. The smallest absolute Gasteiger partial charge is 0.121 e. The van der Waals surface area contributed by atoms with Crippen LogP contribution in [0.5, 0.6) is 0 Å². The molecule has 0 fully saturated rings. The predicted molar refractivity (Wildman–Crippen MR) is 252 cm³/mol. The van der Waals surface area contributed by atoms with Crippen molar-refractivity contribution in [2.75, 3.05) is 0 Å².